The van der Waals surface area contributed by atoms with E-state index in [0.29, 0.717) is 27.9 Å². The molecule has 0 saturated heterocycles. The quantitative estimate of drug-likeness (QED) is 0.319. The maximum absolute atomic E-state index is 13.1. The summed E-state index contributed by atoms with van der Waals surface area (Å²) >= 11 is 1.18. The van der Waals surface area contributed by atoms with Crippen molar-refractivity contribution in [2.45, 2.75) is 65.1 Å². The average molecular weight is 569 g/mol. The van der Waals surface area contributed by atoms with Crippen molar-refractivity contribution in [1.29, 1.82) is 0 Å². The summed E-state index contributed by atoms with van der Waals surface area (Å²) in [5, 5.41) is 6.18. The van der Waals surface area contributed by atoms with E-state index in [1.165, 1.54) is 28.0 Å². The molecule has 10 heteroatoms. The summed E-state index contributed by atoms with van der Waals surface area (Å²) in [5.74, 6) is -2.89. The largest absolute Gasteiger partial charge is 0.493 e. The van der Waals surface area contributed by atoms with Crippen LogP contribution in [0.5, 0.6) is 5.75 Å². The number of ether oxygens (including phenoxy) is 1. The average Bonchev–Trinajstić information content (AvgIpc) is 3.38. The van der Waals surface area contributed by atoms with Gasteiger partial charge in [-0.2, -0.15) is 0 Å². The van der Waals surface area contributed by atoms with Gasteiger partial charge in [-0.15, -0.1) is 0 Å². The lowest BCUT2D eigenvalue weighted by Gasteiger charge is -2.29. The highest BCUT2D eigenvalue weighted by Gasteiger charge is 2.57. The summed E-state index contributed by atoms with van der Waals surface area (Å²) in [4.78, 5) is 31.7. The van der Waals surface area contributed by atoms with Crippen molar-refractivity contribution < 1.29 is 23.1 Å². The fourth-order valence-electron chi connectivity index (χ4n) is 4.84. The predicted octanol–water partition coefficient (Wildman–Crippen LogP) is 5.88. The smallest absolute Gasteiger partial charge is 0.263 e. The van der Waals surface area contributed by atoms with Gasteiger partial charge in [0.25, 0.3) is 11.8 Å². The molecule has 5 rings (SSSR count). The summed E-state index contributed by atoms with van der Waals surface area (Å²) in [6, 6.07) is 14.0. The molecule has 2 aromatic carbocycles. The van der Waals surface area contributed by atoms with Crippen LogP contribution in [0.3, 0.4) is 0 Å². The number of nitrogens with one attached hydrogen (secondary N) is 2. The van der Waals surface area contributed by atoms with Gasteiger partial charge >= 0.3 is 0 Å². The molecule has 1 unspecified atom stereocenters. The van der Waals surface area contributed by atoms with Gasteiger partial charge in [-0.25, -0.2) is 13.8 Å². The molecule has 1 aromatic heterocycles. The zero-order chi connectivity index (χ0) is 28.4. The number of amides is 2. The SMILES string of the molecule is CCC(=O)Nc1nc(C)c(C(=O)N[C@@H](C)c2ccc(CN3CCc4cc(OCC5CC5(F)F)ccc4C3)cc2)s1. The molecule has 3 aromatic rings. The van der Waals surface area contributed by atoms with Crippen molar-refractivity contribution in [2.24, 2.45) is 5.92 Å². The van der Waals surface area contributed by atoms with E-state index in [1.807, 2.05) is 37.3 Å². The molecular formula is C30H34F2N4O3S. The summed E-state index contributed by atoms with van der Waals surface area (Å²) in [6.45, 7) is 8.07. The molecule has 2 amide bonds. The Morgan fingerprint density at radius 3 is 2.65 bits per heavy atom. The van der Waals surface area contributed by atoms with Gasteiger partial charge < -0.3 is 15.4 Å². The van der Waals surface area contributed by atoms with Crippen LogP contribution in [-0.2, 0) is 24.3 Å². The molecule has 2 N–H and O–H groups in total. The topological polar surface area (TPSA) is 83.6 Å². The highest BCUT2D eigenvalue weighted by Crippen LogP contribution is 2.48. The molecule has 1 aliphatic heterocycles. The van der Waals surface area contributed by atoms with Gasteiger partial charge in [0.2, 0.25) is 5.91 Å². The van der Waals surface area contributed by atoms with E-state index in [2.05, 4.69) is 32.7 Å². The van der Waals surface area contributed by atoms with Gasteiger partial charge in [-0.05, 0) is 54.7 Å². The Kier molecular flexibility index (Phi) is 8.19. The van der Waals surface area contributed by atoms with Gasteiger partial charge in [-0.3, -0.25) is 14.5 Å². The van der Waals surface area contributed by atoms with Gasteiger partial charge in [-0.1, -0.05) is 48.6 Å². The van der Waals surface area contributed by atoms with E-state index in [1.54, 1.807) is 13.8 Å². The number of aromatic nitrogens is 1. The number of hydrogen-bond acceptors (Lipinski definition) is 6. The maximum atomic E-state index is 13.1. The first-order chi connectivity index (χ1) is 19.1. The van der Waals surface area contributed by atoms with Crippen LogP contribution in [0.4, 0.5) is 13.9 Å². The lowest BCUT2D eigenvalue weighted by atomic mass is 9.98. The third kappa shape index (κ3) is 6.67. The number of benzene rings is 2. The highest BCUT2D eigenvalue weighted by atomic mass is 32.1. The normalized spacial score (nSPS) is 18.5. The molecule has 1 saturated carbocycles. The second kappa shape index (κ2) is 11.6. The standard InChI is InChI=1S/C30H34F2N4O3S/c1-4-26(37)35-29-34-19(3)27(40-29)28(38)33-18(2)21-7-5-20(6-8-21)15-36-12-11-22-13-25(10-9-23(22)16-36)39-17-24-14-30(24,31)32/h5-10,13,18,24H,4,11-12,14-17H2,1-3H3,(H,33,38)(H,34,35,37)/t18-,24?/m0/s1. The summed E-state index contributed by atoms with van der Waals surface area (Å²) in [7, 11) is 0. The molecule has 0 radical (unpaired) electrons. The third-order valence-corrected chi connectivity index (χ3v) is 8.55. The van der Waals surface area contributed by atoms with Crippen molar-refractivity contribution in [1.82, 2.24) is 15.2 Å². The van der Waals surface area contributed by atoms with Crippen LogP contribution >= 0.6 is 11.3 Å². The van der Waals surface area contributed by atoms with Crippen LogP contribution in [-0.4, -0.2) is 40.8 Å². The van der Waals surface area contributed by atoms with E-state index in [0.717, 1.165) is 31.6 Å². The zero-order valence-corrected chi connectivity index (χ0v) is 23.7. The molecule has 1 aliphatic carbocycles. The lowest BCUT2D eigenvalue weighted by molar-refractivity contribution is -0.115. The number of rotatable bonds is 10. The number of anilines is 1. The number of aryl methyl sites for hydroxylation is 1. The van der Waals surface area contributed by atoms with Gasteiger partial charge in [0.05, 0.1) is 24.3 Å². The molecule has 212 valence electrons. The third-order valence-electron chi connectivity index (χ3n) is 7.48. The number of nitrogens with zero attached hydrogens (tertiary/aromatic N) is 2. The van der Waals surface area contributed by atoms with Crippen molar-refractivity contribution in [3.63, 3.8) is 0 Å². The Hall–Kier alpha value is -3.37. The van der Waals surface area contributed by atoms with Crippen LogP contribution in [0.15, 0.2) is 42.5 Å². The summed E-state index contributed by atoms with van der Waals surface area (Å²) < 4.78 is 31.8. The molecule has 2 aliphatic rings. The molecule has 40 heavy (non-hydrogen) atoms. The predicted molar refractivity (Wildman–Crippen MR) is 151 cm³/mol. The van der Waals surface area contributed by atoms with E-state index < -0.39 is 11.8 Å². The fourth-order valence-corrected chi connectivity index (χ4v) is 5.73. The Labute approximate surface area is 236 Å². The number of thiazole rings is 1. The van der Waals surface area contributed by atoms with Crippen LogP contribution in [0, 0.1) is 12.8 Å². The number of carbonyl (C=O) groups is 2. The summed E-state index contributed by atoms with van der Waals surface area (Å²) in [5.41, 5.74) is 5.22. The molecule has 2 atom stereocenters. The molecule has 7 nitrogen and oxygen atoms in total. The van der Waals surface area contributed by atoms with Crippen LogP contribution in [0.1, 0.15) is 70.4 Å². The Balaban J connectivity index is 1.12. The summed E-state index contributed by atoms with van der Waals surface area (Å²) in [6.07, 6.45) is 1.16. The number of alkyl halides is 2. The fraction of sp³-hybridized carbons (Fsp3) is 0.433. The molecule has 2 heterocycles. The minimum absolute atomic E-state index is 0.0701. The van der Waals surface area contributed by atoms with Crippen molar-refractivity contribution in [3.8, 4) is 5.75 Å². The van der Waals surface area contributed by atoms with Gasteiger partial charge in [0.1, 0.15) is 10.6 Å². The number of hydrogen-bond donors (Lipinski definition) is 2. The highest BCUT2D eigenvalue weighted by molar-refractivity contribution is 7.17. The van der Waals surface area contributed by atoms with E-state index in [-0.39, 0.29) is 30.9 Å². The van der Waals surface area contributed by atoms with Gasteiger partial charge in [0.15, 0.2) is 5.13 Å². The minimum Gasteiger partial charge on any atom is -0.493 e. The van der Waals surface area contributed by atoms with Crippen molar-refractivity contribution in [2.75, 3.05) is 18.5 Å². The molecule has 0 bridgehead atoms. The number of fused-ring (bicyclic) bond motifs is 1. The Morgan fingerprint density at radius 2 is 1.95 bits per heavy atom. The first kappa shape index (κ1) is 28.2. The first-order valence-electron chi connectivity index (χ1n) is 13.6. The molecule has 1 fully saturated rings. The minimum atomic E-state index is -2.56. The van der Waals surface area contributed by atoms with Crippen LogP contribution in [0.2, 0.25) is 0 Å². The van der Waals surface area contributed by atoms with E-state index in [4.69, 9.17) is 4.74 Å². The van der Waals surface area contributed by atoms with Crippen LogP contribution < -0.4 is 15.4 Å². The Bertz CT molecular complexity index is 1390. The van der Waals surface area contributed by atoms with Gasteiger partial charge in [0, 0.05) is 32.5 Å². The maximum Gasteiger partial charge on any atom is 0.263 e. The molecule has 0 spiro atoms. The van der Waals surface area contributed by atoms with Crippen LogP contribution in [0.25, 0.3) is 0 Å². The Morgan fingerprint density at radius 1 is 1.20 bits per heavy atom. The number of carbonyl (C=O) groups excluding carboxylic acids is 2. The second-order valence-corrected chi connectivity index (χ2v) is 11.6. The van der Waals surface area contributed by atoms with E-state index in [9.17, 15) is 18.4 Å². The lowest BCUT2D eigenvalue weighted by Crippen LogP contribution is -2.30. The molecular weight excluding hydrogens is 534 g/mol. The first-order valence-corrected chi connectivity index (χ1v) is 14.4. The van der Waals surface area contributed by atoms with Crippen molar-refractivity contribution >= 4 is 28.3 Å². The van der Waals surface area contributed by atoms with Crippen molar-refractivity contribution in [3.05, 3.63) is 75.3 Å². The number of halogens is 2. The monoisotopic (exact) mass is 568 g/mol. The zero-order valence-electron chi connectivity index (χ0n) is 22.9. The second-order valence-electron chi connectivity index (χ2n) is 10.6. The van der Waals surface area contributed by atoms with E-state index >= 15 is 0 Å².